The number of nitrogens with zero attached hydrogens (tertiary/aromatic N) is 3. The van der Waals surface area contributed by atoms with Crippen molar-refractivity contribution in [3.05, 3.63) is 95.8 Å². The number of nitrogens with one attached hydrogen (secondary N) is 1. The van der Waals surface area contributed by atoms with E-state index in [-0.39, 0.29) is 23.2 Å². The normalized spacial score (nSPS) is 18.9. The number of carbonyl (C=O) groups is 1. The second-order valence-electron chi connectivity index (χ2n) is 9.43. The Morgan fingerprint density at radius 2 is 1.78 bits per heavy atom. The first-order valence-corrected chi connectivity index (χ1v) is 13.7. The zero-order valence-corrected chi connectivity index (χ0v) is 21.0. The summed E-state index contributed by atoms with van der Waals surface area (Å²) in [7, 11) is -2.16. The third kappa shape index (κ3) is 5.08. The Kier molecular flexibility index (Phi) is 6.68. The summed E-state index contributed by atoms with van der Waals surface area (Å²) in [5.41, 5.74) is 2.67. The van der Waals surface area contributed by atoms with E-state index in [4.69, 9.17) is 4.74 Å². The molecule has 1 aliphatic heterocycles. The summed E-state index contributed by atoms with van der Waals surface area (Å²) in [4.78, 5) is 21.9. The van der Waals surface area contributed by atoms with Crippen LogP contribution >= 0.6 is 0 Å². The number of aromatic nitrogens is 1. The number of hydrogen-bond acceptors (Lipinski definition) is 5. The summed E-state index contributed by atoms with van der Waals surface area (Å²) in [6.45, 7) is 0.786. The number of pyridine rings is 1. The summed E-state index contributed by atoms with van der Waals surface area (Å²) in [6, 6.07) is 21.0. The number of urea groups is 1. The molecule has 0 spiro atoms. The van der Waals surface area contributed by atoms with E-state index < -0.39 is 10.0 Å². The molecule has 1 saturated carbocycles. The molecule has 1 N–H and O–H groups in total. The van der Waals surface area contributed by atoms with Crippen LogP contribution in [0.3, 0.4) is 0 Å². The smallest absolute Gasteiger partial charge is 0.335 e. The molecule has 2 aliphatic rings. The minimum absolute atomic E-state index is 0.133. The van der Waals surface area contributed by atoms with Crippen LogP contribution in [-0.4, -0.2) is 55.6 Å². The molecule has 1 atom stereocenters. The Labute approximate surface area is 211 Å². The van der Waals surface area contributed by atoms with Crippen LogP contribution in [0.4, 0.5) is 4.79 Å². The summed E-state index contributed by atoms with van der Waals surface area (Å²) in [5, 5.41) is 1.27. The van der Waals surface area contributed by atoms with Gasteiger partial charge in [0.25, 0.3) is 0 Å². The highest BCUT2D eigenvalue weighted by Crippen LogP contribution is 2.54. The monoisotopic (exact) mass is 506 g/mol. The highest BCUT2D eigenvalue weighted by atomic mass is 32.2. The molecule has 2 aromatic carbocycles. The Bertz CT molecular complexity index is 1300. The SMILES string of the molecule is COc1ccc(CCN2C(=O)N(NS(=O)(=O)Cc3cccnc3)CC2C2(c3ccccc3)CC2)cc1. The summed E-state index contributed by atoms with van der Waals surface area (Å²) >= 11 is 0. The third-order valence-corrected chi connectivity index (χ3v) is 8.32. The van der Waals surface area contributed by atoms with Gasteiger partial charge in [0.05, 0.1) is 25.4 Å². The van der Waals surface area contributed by atoms with Crippen LogP contribution < -0.4 is 9.57 Å². The summed E-state index contributed by atoms with van der Waals surface area (Å²) in [5.74, 6) is 0.536. The van der Waals surface area contributed by atoms with Crippen LogP contribution in [0.15, 0.2) is 79.1 Å². The largest absolute Gasteiger partial charge is 0.497 e. The topological polar surface area (TPSA) is 91.8 Å². The fraction of sp³-hybridized carbons (Fsp3) is 0.333. The number of carbonyl (C=O) groups excluding carboxylic acids is 1. The van der Waals surface area contributed by atoms with E-state index in [9.17, 15) is 13.2 Å². The van der Waals surface area contributed by atoms with Gasteiger partial charge in [-0.2, -0.15) is 0 Å². The average Bonchev–Trinajstić information content (AvgIpc) is 3.64. The summed E-state index contributed by atoms with van der Waals surface area (Å²) in [6.07, 6.45) is 5.70. The van der Waals surface area contributed by atoms with Gasteiger partial charge < -0.3 is 9.64 Å². The number of ether oxygens (including phenoxy) is 1. The van der Waals surface area contributed by atoms with Crippen molar-refractivity contribution in [2.75, 3.05) is 20.2 Å². The standard InChI is InChI=1S/C27H30N4O4S/c1-35-24-11-9-21(10-12-24)13-17-30-25(27(14-15-27)23-7-3-2-4-8-23)19-31(26(30)32)29-36(33,34)20-22-6-5-16-28-18-22/h2-12,16,18,25,29H,13-15,17,19-20H2,1H3. The van der Waals surface area contributed by atoms with Crippen molar-refractivity contribution >= 4 is 16.1 Å². The van der Waals surface area contributed by atoms with E-state index in [0.717, 1.165) is 24.2 Å². The fourth-order valence-electron chi connectivity index (χ4n) is 5.10. The minimum Gasteiger partial charge on any atom is -0.497 e. The van der Waals surface area contributed by atoms with Crippen LogP contribution in [0, 0.1) is 0 Å². The zero-order valence-electron chi connectivity index (χ0n) is 20.2. The second kappa shape index (κ2) is 9.91. The lowest BCUT2D eigenvalue weighted by molar-refractivity contribution is 0.178. The van der Waals surface area contributed by atoms with Gasteiger partial charge in [-0.3, -0.25) is 4.98 Å². The molecular weight excluding hydrogens is 476 g/mol. The van der Waals surface area contributed by atoms with Crippen LogP contribution in [0.2, 0.25) is 0 Å². The first-order chi connectivity index (χ1) is 17.4. The van der Waals surface area contributed by atoms with Crippen molar-refractivity contribution in [3.63, 3.8) is 0 Å². The first kappa shape index (κ1) is 24.3. The number of hydrogen-bond donors (Lipinski definition) is 1. The van der Waals surface area contributed by atoms with E-state index in [1.54, 1.807) is 25.4 Å². The molecule has 8 nitrogen and oxygen atoms in total. The molecular formula is C27H30N4O4S. The molecule has 2 heterocycles. The lowest BCUT2D eigenvalue weighted by Crippen LogP contribution is -2.45. The van der Waals surface area contributed by atoms with Gasteiger partial charge in [-0.25, -0.2) is 18.2 Å². The highest BCUT2D eigenvalue weighted by molar-refractivity contribution is 7.88. The van der Waals surface area contributed by atoms with Gasteiger partial charge in [0.2, 0.25) is 10.0 Å². The molecule has 9 heteroatoms. The average molecular weight is 507 g/mol. The van der Waals surface area contributed by atoms with Crippen molar-refractivity contribution in [2.24, 2.45) is 0 Å². The van der Waals surface area contributed by atoms with E-state index in [0.29, 0.717) is 25.1 Å². The van der Waals surface area contributed by atoms with Crippen LogP contribution in [0.5, 0.6) is 5.75 Å². The maximum absolute atomic E-state index is 13.6. The van der Waals surface area contributed by atoms with Crippen molar-refractivity contribution in [2.45, 2.75) is 36.5 Å². The van der Waals surface area contributed by atoms with Crippen molar-refractivity contribution < 1.29 is 17.9 Å². The molecule has 0 bridgehead atoms. The van der Waals surface area contributed by atoms with Crippen LogP contribution in [0.25, 0.3) is 0 Å². The van der Waals surface area contributed by atoms with E-state index in [1.165, 1.54) is 16.8 Å². The van der Waals surface area contributed by atoms with Gasteiger partial charge in [-0.1, -0.05) is 48.5 Å². The summed E-state index contributed by atoms with van der Waals surface area (Å²) < 4.78 is 31.1. The molecule has 188 valence electrons. The van der Waals surface area contributed by atoms with E-state index in [1.807, 2.05) is 47.4 Å². The quantitative estimate of drug-likeness (QED) is 0.454. The van der Waals surface area contributed by atoms with Gasteiger partial charge in [-0.15, -0.1) is 4.83 Å². The molecule has 1 aromatic heterocycles. The molecule has 3 aromatic rings. The number of rotatable bonds is 10. The Morgan fingerprint density at radius 1 is 1.03 bits per heavy atom. The number of benzene rings is 2. The first-order valence-electron chi connectivity index (χ1n) is 12.1. The maximum atomic E-state index is 13.6. The number of methoxy groups -OCH3 is 1. The zero-order chi connectivity index (χ0) is 25.2. The predicted octanol–water partition coefficient (Wildman–Crippen LogP) is 3.51. The van der Waals surface area contributed by atoms with Crippen LogP contribution in [-0.2, 0) is 27.6 Å². The highest BCUT2D eigenvalue weighted by Gasteiger charge is 2.57. The molecule has 1 unspecified atom stereocenters. The predicted molar refractivity (Wildman–Crippen MR) is 137 cm³/mol. The van der Waals surface area contributed by atoms with Crippen molar-refractivity contribution in [1.82, 2.24) is 19.7 Å². The van der Waals surface area contributed by atoms with Gasteiger partial charge >= 0.3 is 6.03 Å². The van der Waals surface area contributed by atoms with Gasteiger partial charge in [0.1, 0.15) is 5.75 Å². The molecule has 0 radical (unpaired) electrons. The number of amides is 2. The van der Waals surface area contributed by atoms with E-state index >= 15 is 0 Å². The fourth-order valence-corrected chi connectivity index (χ4v) is 6.27. The van der Waals surface area contributed by atoms with Gasteiger partial charge in [-0.05, 0) is 54.2 Å². The molecule has 2 fully saturated rings. The lowest BCUT2D eigenvalue weighted by atomic mass is 9.87. The molecule has 2 amide bonds. The molecule has 5 rings (SSSR count). The third-order valence-electron chi connectivity index (χ3n) is 7.11. The van der Waals surface area contributed by atoms with Gasteiger partial charge in [0, 0.05) is 24.4 Å². The molecule has 1 saturated heterocycles. The molecule has 36 heavy (non-hydrogen) atoms. The van der Waals surface area contributed by atoms with Crippen LogP contribution in [0.1, 0.15) is 29.5 Å². The molecule has 1 aliphatic carbocycles. The number of hydrazine groups is 1. The Morgan fingerprint density at radius 3 is 2.42 bits per heavy atom. The van der Waals surface area contributed by atoms with Crippen molar-refractivity contribution in [1.29, 1.82) is 0 Å². The minimum atomic E-state index is -3.79. The van der Waals surface area contributed by atoms with Gasteiger partial charge in [0.15, 0.2) is 0 Å². The van der Waals surface area contributed by atoms with Crippen molar-refractivity contribution in [3.8, 4) is 5.75 Å². The second-order valence-corrected chi connectivity index (χ2v) is 11.1. The Hall–Kier alpha value is -3.43. The maximum Gasteiger partial charge on any atom is 0.335 e. The van der Waals surface area contributed by atoms with E-state index in [2.05, 4.69) is 21.9 Å². The Balaban J connectivity index is 1.37. The lowest BCUT2D eigenvalue weighted by Gasteiger charge is -2.31. The number of sulfonamides is 1.